The first-order valence-electron chi connectivity index (χ1n) is 7.06. The molecule has 0 fully saturated rings. The molecule has 0 saturated heterocycles. The zero-order chi connectivity index (χ0) is 16.0. The largest absolute Gasteiger partial charge is 0.511 e. The molecule has 0 spiro atoms. The smallest absolute Gasteiger partial charge is 0.504 e. The van der Waals surface area contributed by atoms with E-state index < -0.39 is 6.16 Å². The van der Waals surface area contributed by atoms with Crippen LogP contribution >= 0.6 is 31.9 Å². The molecule has 0 radical (unpaired) electrons. The molecule has 1 aromatic carbocycles. The minimum Gasteiger partial charge on any atom is -0.504 e. The molecule has 2 N–H and O–H groups in total. The highest BCUT2D eigenvalue weighted by Gasteiger charge is 2.23. The Balaban J connectivity index is 3.38. The van der Waals surface area contributed by atoms with E-state index in [2.05, 4.69) is 45.7 Å². The molecule has 118 valence electrons. The predicted molar refractivity (Wildman–Crippen MR) is 89.4 cm³/mol. The van der Waals surface area contributed by atoms with Crippen molar-refractivity contribution in [1.29, 1.82) is 0 Å². The number of rotatable bonds is 7. The summed E-state index contributed by atoms with van der Waals surface area (Å²) in [5.41, 5.74) is 1.80. The van der Waals surface area contributed by atoms with Crippen LogP contribution in [0.15, 0.2) is 8.95 Å². The van der Waals surface area contributed by atoms with E-state index in [1.807, 2.05) is 0 Å². The van der Waals surface area contributed by atoms with Crippen LogP contribution < -0.4 is 4.74 Å². The van der Waals surface area contributed by atoms with Crippen LogP contribution in [0, 0.1) is 0 Å². The van der Waals surface area contributed by atoms with E-state index in [-0.39, 0.29) is 11.5 Å². The first-order valence-corrected chi connectivity index (χ1v) is 8.64. The lowest BCUT2D eigenvalue weighted by Crippen LogP contribution is -2.07. The van der Waals surface area contributed by atoms with Crippen molar-refractivity contribution >= 4 is 38.0 Å². The molecule has 0 heterocycles. The molecule has 0 aliphatic heterocycles. The zero-order valence-corrected chi connectivity index (χ0v) is 15.4. The number of benzene rings is 1. The summed E-state index contributed by atoms with van der Waals surface area (Å²) < 4.78 is 5.93. The summed E-state index contributed by atoms with van der Waals surface area (Å²) in [7, 11) is 0. The average molecular weight is 424 g/mol. The molecule has 21 heavy (non-hydrogen) atoms. The number of halogens is 2. The van der Waals surface area contributed by atoms with Crippen LogP contribution in [0.1, 0.15) is 50.7 Å². The number of hydrogen-bond acceptors (Lipinski definition) is 3. The van der Waals surface area contributed by atoms with Crippen molar-refractivity contribution in [3.63, 3.8) is 0 Å². The van der Waals surface area contributed by atoms with E-state index in [9.17, 15) is 9.90 Å². The summed E-state index contributed by atoms with van der Waals surface area (Å²) in [6.45, 7) is 4.18. The summed E-state index contributed by atoms with van der Waals surface area (Å²) in [4.78, 5) is 10.8. The fourth-order valence-corrected chi connectivity index (χ4v) is 3.29. The number of unbranched alkanes of at least 4 members (excludes halogenated alkanes) is 2. The van der Waals surface area contributed by atoms with Crippen LogP contribution in [0.4, 0.5) is 4.79 Å². The Labute approximate surface area is 141 Å². The molecule has 0 unspecified atom stereocenters. The fraction of sp³-hybridized carbons (Fsp3) is 0.533. The van der Waals surface area contributed by atoms with Crippen LogP contribution in [0.25, 0.3) is 0 Å². The molecular formula is C15H20Br2O4. The molecule has 0 bridgehead atoms. The van der Waals surface area contributed by atoms with Crippen LogP contribution in [0.5, 0.6) is 11.5 Å². The number of ether oxygens (including phenoxy) is 1. The van der Waals surface area contributed by atoms with Gasteiger partial charge in [-0.25, -0.2) is 4.79 Å². The third-order valence-corrected chi connectivity index (χ3v) is 5.44. The molecule has 0 aromatic heterocycles. The average Bonchev–Trinajstić information content (AvgIpc) is 2.44. The minimum atomic E-state index is -1.44. The lowest BCUT2D eigenvalue weighted by atomic mass is 9.96. The molecule has 0 amide bonds. The maximum atomic E-state index is 10.8. The molecule has 0 atom stereocenters. The van der Waals surface area contributed by atoms with Crippen LogP contribution in [0.3, 0.4) is 0 Å². The number of carboxylic acid groups (broad SMARTS) is 1. The maximum absolute atomic E-state index is 10.8. The van der Waals surface area contributed by atoms with Gasteiger partial charge in [0.15, 0.2) is 11.5 Å². The van der Waals surface area contributed by atoms with Gasteiger partial charge in [0.25, 0.3) is 0 Å². The van der Waals surface area contributed by atoms with Crippen LogP contribution in [-0.4, -0.2) is 16.4 Å². The van der Waals surface area contributed by atoms with Gasteiger partial charge in [0.05, 0.1) is 4.47 Å². The van der Waals surface area contributed by atoms with Gasteiger partial charge in [-0.3, -0.25) is 0 Å². The number of aromatic hydroxyl groups is 1. The molecule has 4 nitrogen and oxygen atoms in total. The molecule has 0 aliphatic carbocycles. The van der Waals surface area contributed by atoms with Gasteiger partial charge in [-0.2, -0.15) is 0 Å². The Kier molecular flexibility index (Phi) is 7.52. The van der Waals surface area contributed by atoms with Crippen LogP contribution in [0.2, 0.25) is 0 Å². The van der Waals surface area contributed by atoms with Gasteiger partial charge in [0.2, 0.25) is 0 Å². The Morgan fingerprint density at radius 1 is 1.05 bits per heavy atom. The fourth-order valence-electron chi connectivity index (χ4n) is 2.17. The SMILES string of the molecule is CCCCc1c(O)c(OC(=O)O)c(Br)c(Br)c1CCCC. The molecule has 1 rings (SSSR count). The number of phenolic OH excluding ortho intramolecular Hbond substituents is 1. The van der Waals surface area contributed by atoms with Crippen molar-refractivity contribution in [2.24, 2.45) is 0 Å². The summed E-state index contributed by atoms with van der Waals surface area (Å²) in [6.07, 6.45) is 4.05. The number of hydrogen-bond donors (Lipinski definition) is 2. The number of phenols is 1. The molecule has 6 heteroatoms. The Bertz CT molecular complexity index is 515. The van der Waals surface area contributed by atoms with E-state index in [4.69, 9.17) is 9.84 Å². The Hall–Kier alpha value is -0.750. The van der Waals surface area contributed by atoms with E-state index >= 15 is 0 Å². The third kappa shape index (κ3) is 4.61. The zero-order valence-electron chi connectivity index (χ0n) is 12.2. The summed E-state index contributed by atoms with van der Waals surface area (Å²) in [5.74, 6) is -0.118. The highest BCUT2D eigenvalue weighted by Crippen LogP contribution is 2.46. The lowest BCUT2D eigenvalue weighted by Gasteiger charge is -2.18. The van der Waals surface area contributed by atoms with E-state index in [0.717, 1.165) is 47.7 Å². The van der Waals surface area contributed by atoms with E-state index in [0.29, 0.717) is 10.9 Å². The Morgan fingerprint density at radius 3 is 2.05 bits per heavy atom. The summed E-state index contributed by atoms with van der Waals surface area (Å²) in [6, 6.07) is 0. The van der Waals surface area contributed by atoms with Gasteiger partial charge in [-0.1, -0.05) is 26.7 Å². The van der Waals surface area contributed by atoms with Gasteiger partial charge >= 0.3 is 6.16 Å². The molecule has 0 aliphatic rings. The maximum Gasteiger partial charge on any atom is 0.511 e. The van der Waals surface area contributed by atoms with Crippen molar-refractivity contribution in [2.75, 3.05) is 0 Å². The predicted octanol–water partition coefficient (Wildman–Crippen LogP) is 5.66. The van der Waals surface area contributed by atoms with Gasteiger partial charge < -0.3 is 14.9 Å². The quantitative estimate of drug-likeness (QED) is 0.438. The topological polar surface area (TPSA) is 66.8 Å². The minimum absolute atomic E-state index is 0.0410. The van der Waals surface area contributed by atoms with Crippen molar-refractivity contribution in [3.8, 4) is 11.5 Å². The standard InChI is InChI=1S/C15H20Br2O4/c1-3-5-7-9-10(8-6-4-2)13(18)14(21-15(19)20)12(17)11(9)16/h18H,3-8H2,1-2H3,(H,19,20). The number of carbonyl (C=O) groups is 1. The Morgan fingerprint density at radius 2 is 1.57 bits per heavy atom. The van der Waals surface area contributed by atoms with E-state index in [1.165, 1.54) is 0 Å². The summed E-state index contributed by atoms with van der Waals surface area (Å²) in [5, 5.41) is 19.2. The molecular weight excluding hydrogens is 404 g/mol. The van der Waals surface area contributed by atoms with Gasteiger partial charge in [0, 0.05) is 10.0 Å². The summed E-state index contributed by atoms with van der Waals surface area (Å²) >= 11 is 6.81. The van der Waals surface area contributed by atoms with Crippen LogP contribution in [-0.2, 0) is 12.8 Å². The highest BCUT2D eigenvalue weighted by molar-refractivity contribution is 9.13. The van der Waals surface area contributed by atoms with Gasteiger partial charge in [-0.15, -0.1) is 0 Å². The molecule has 1 aromatic rings. The monoisotopic (exact) mass is 422 g/mol. The van der Waals surface area contributed by atoms with E-state index in [1.54, 1.807) is 0 Å². The second kappa shape index (κ2) is 8.63. The second-order valence-corrected chi connectivity index (χ2v) is 6.42. The van der Waals surface area contributed by atoms with Gasteiger partial charge in [0.1, 0.15) is 0 Å². The first kappa shape index (κ1) is 18.3. The first-order chi connectivity index (χ1) is 9.93. The molecule has 0 saturated carbocycles. The van der Waals surface area contributed by atoms with Crippen molar-refractivity contribution in [3.05, 3.63) is 20.1 Å². The van der Waals surface area contributed by atoms with Crippen molar-refractivity contribution < 1.29 is 19.7 Å². The third-order valence-electron chi connectivity index (χ3n) is 3.27. The highest BCUT2D eigenvalue weighted by atomic mass is 79.9. The second-order valence-electron chi connectivity index (χ2n) is 4.84. The van der Waals surface area contributed by atoms with Gasteiger partial charge in [-0.05, 0) is 63.1 Å². The van der Waals surface area contributed by atoms with Crippen molar-refractivity contribution in [2.45, 2.75) is 52.4 Å². The normalized spacial score (nSPS) is 10.7. The lowest BCUT2D eigenvalue weighted by molar-refractivity contribution is 0.142. The van der Waals surface area contributed by atoms with Crippen molar-refractivity contribution in [1.82, 2.24) is 0 Å².